The Morgan fingerprint density at radius 2 is 2.06 bits per heavy atom. The Hall–Kier alpha value is -1.20. The van der Waals surface area contributed by atoms with Crippen molar-refractivity contribution in [3.8, 4) is 11.3 Å². The van der Waals surface area contributed by atoms with Gasteiger partial charge in [-0.1, -0.05) is 11.6 Å². The zero-order valence-corrected chi connectivity index (χ0v) is 12.1. The Labute approximate surface area is 118 Å². The van der Waals surface area contributed by atoms with Gasteiger partial charge in [0.1, 0.15) is 0 Å². The largest absolute Gasteiger partial charge is 0.357 e. The predicted octanol–water partition coefficient (Wildman–Crippen LogP) is 4.05. The summed E-state index contributed by atoms with van der Waals surface area (Å²) in [5.41, 5.74) is 1.60. The molecule has 0 aliphatic heterocycles. The molecule has 1 N–H and O–H groups in total. The first-order valence-corrected chi connectivity index (χ1v) is 6.37. The first kappa shape index (κ1) is 13.2. The van der Waals surface area contributed by atoms with Crippen LogP contribution >= 0.6 is 27.5 Å². The first-order chi connectivity index (χ1) is 8.52. The molecule has 6 heteroatoms. The molecule has 0 saturated carbocycles. The summed E-state index contributed by atoms with van der Waals surface area (Å²) in [7, 11) is 1.71. The maximum Gasteiger partial charge on any atom is 0.223 e. The van der Waals surface area contributed by atoms with Crippen LogP contribution < -0.4 is 5.32 Å². The van der Waals surface area contributed by atoms with Crippen molar-refractivity contribution in [3.63, 3.8) is 0 Å². The number of benzene rings is 1. The highest BCUT2D eigenvalue weighted by atomic mass is 79.9. The van der Waals surface area contributed by atoms with E-state index in [0.717, 1.165) is 5.69 Å². The highest BCUT2D eigenvalue weighted by molar-refractivity contribution is 9.10. The Morgan fingerprint density at radius 3 is 2.72 bits per heavy atom. The summed E-state index contributed by atoms with van der Waals surface area (Å²) in [4.78, 5) is 8.38. The predicted molar refractivity (Wildman–Crippen MR) is 74.4 cm³/mol. The summed E-state index contributed by atoms with van der Waals surface area (Å²) < 4.78 is 14.6. The number of nitrogens with zero attached hydrogens (tertiary/aromatic N) is 2. The normalized spacial score (nSPS) is 10.5. The highest BCUT2D eigenvalue weighted by Crippen LogP contribution is 2.32. The van der Waals surface area contributed by atoms with Crippen molar-refractivity contribution >= 4 is 33.5 Å². The average Bonchev–Trinajstić information content (AvgIpc) is 2.35. The molecule has 0 aliphatic rings. The lowest BCUT2D eigenvalue weighted by Gasteiger charge is -2.08. The summed E-state index contributed by atoms with van der Waals surface area (Å²) in [5.74, 6) is -0.0466. The molecule has 2 rings (SSSR count). The van der Waals surface area contributed by atoms with Crippen LogP contribution in [0.1, 0.15) is 5.69 Å². The molecule has 1 heterocycles. The minimum atomic E-state index is -0.494. The number of rotatable bonds is 2. The number of aryl methyl sites for hydroxylation is 1. The maximum absolute atomic E-state index is 14.1. The highest BCUT2D eigenvalue weighted by Gasteiger charge is 2.14. The average molecular weight is 331 g/mol. The third kappa shape index (κ3) is 2.47. The third-order valence-electron chi connectivity index (χ3n) is 2.39. The Balaban J connectivity index is 2.62. The molecular weight excluding hydrogens is 321 g/mol. The van der Waals surface area contributed by atoms with Crippen LogP contribution in [0.2, 0.25) is 5.02 Å². The van der Waals surface area contributed by atoms with Gasteiger partial charge in [-0.2, -0.15) is 0 Å². The fourth-order valence-electron chi connectivity index (χ4n) is 1.54. The van der Waals surface area contributed by atoms with E-state index in [0.29, 0.717) is 21.7 Å². The van der Waals surface area contributed by atoms with Gasteiger partial charge in [0, 0.05) is 22.8 Å². The van der Waals surface area contributed by atoms with Crippen molar-refractivity contribution in [1.29, 1.82) is 0 Å². The second-order valence-corrected chi connectivity index (χ2v) is 4.92. The van der Waals surface area contributed by atoms with Crippen molar-refractivity contribution < 1.29 is 4.39 Å². The van der Waals surface area contributed by atoms with Gasteiger partial charge >= 0.3 is 0 Å². The molecule has 2 aromatic rings. The van der Waals surface area contributed by atoms with E-state index in [9.17, 15) is 4.39 Å². The molecule has 0 aliphatic carbocycles. The zero-order valence-electron chi connectivity index (χ0n) is 9.76. The van der Waals surface area contributed by atoms with Gasteiger partial charge in [0.25, 0.3) is 0 Å². The lowest BCUT2D eigenvalue weighted by atomic mass is 10.1. The van der Waals surface area contributed by atoms with Crippen molar-refractivity contribution in [3.05, 3.63) is 39.2 Å². The molecule has 0 unspecified atom stereocenters. The molecule has 0 atom stereocenters. The molecule has 0 amide bonds. The Bertz CT molecular complexity index is 604. The van der Waals surface area contributed by atoms with Gasteiger partial charge in [-0.3, -0.25) is 0 Å². The molecule has 1 aromatic heterocycles. The van der Waals surface area contributed by atoms with Crippen LogP contribution in [-0.4, -0.2) is 17.0 Å². The smallest absolute Gasteiger partial charge is 0.223 e. The van der Waals surface area contributed by atoms with Crippen molar-refractivity contribution in [2.75, 3.05) is 12.4 Å². The molecule has 18 heavy (non-hydrogen) atoms. The minimum Gasteiger partial charge on any atom is -0.357 e. The minimum absolute atomic E-state index is 0.0507. The van der Waals surface area contributed by atoms with E-state index in [1.54, 1.807) is 25.2 Å². The van der Waals surface area contributed by atoms with Crippen molar-refractivity contribution in [2.24, 2.45) is 0 Å². The lowest BCUT2D eigenvalue weighted by Crippen LogP contribution is -2.00. The number of hydrogen-bond acceptors (Lipinski definition) is 3. The fourth-order valence-corrected chi connectivity index (χ4v) is 2.01. The number of halogens is 3. The fraction of sp³-hybridized carbons (Fsp3) is 0.167. The van der Waals surface area contributed by atoms with E-state index in [1.165, 1.54) is 0 Å². The third-order valence-corrected chi connectivity index (χ3v) is 3.65. The van der Waals surface area contributed by atoms with Crippen LogP contribution in [0.25, 0.3) is 11.3 Å². The van der Waals surface area contributed by atoms with Gasteiger partial charge in [0.15, 0.2) is 5.82 Å². The zero-order chi connectivity index (χ0) is 13.3. The molecular formula is C12H10BrClFN3. The van der Waals surface area contributed by atoms with Crippen LogP contribution in [0, 0.1) is 12.7 Å². The van der Waals surface area contributed by atoms with Crippen LogP contribution in [0.15, 0.2) is 22.7 Å². The van der Waals surface area contributed by atoms with Gasteiger partial charge in [0.2, 0.25) is 5.95 Å². The van der Waals surface area contributed by atoms with E-state index in [-0.39, 0.29) is 5.02 Å². The summed E-state index contributed by atoms with van der Waals surface area (Å²) in [6.45, 7) is 1.82. The molecule has 0 spiro atoms. The van der Waals surface area contributed by atoms with Crippen molar-refractivity contribution in [2.45, 2.75) is 6.92 Å². The van der Waals surface area contributed by atoms with Gasteiger partial charge < -0.3 is 5.32 Å². The maximum atomic E-state index is 14.1. The number of hydrogen-bond donors (Lipinski definition) is 1. The molecule has 0 radical (unpaired) electrons. The van der Waals surface area contributed by atoms with E-state index >= 15 is 0 Å². The van der Waals surface area contributed by atoms with Gasteiger partial charge in [-0.15, -0.1) is 0 Å². The topological polar surface area (TPSA) is 37.8 Å². The monoisotopic (exact) mass is 329 g/mol. The molecule has 0 bridgehead atoms. The molecule has 3 nitrogen and oxygen atoms in total. The van der Waals surface area contributed by atoms with Crippen LogP contribution in [0.3, 0.4) is 0 Å². The van der Waals surface area contributed by atoms with E-state index in [4.69, 9.17) is 11.6 Å². The molecule has 94 valence electrons. The second kappa shape index (κ2) is 5.20. The first-order valence-electron chi connectivity index (χ1n) is 5.20. The number of anilines is 1. The lowest BCUT2D eigenvalue weighted by molar-refractivity contribution is 0.630. The van der Waals surface area contributed by atoms with Gasteiger partial charge in [0.05, 0.1) is 10.7 Å². The summed E-state index contributed by atoms with van der Waals surface area (Å²) in [5, 5.41) is 2.89. The Kier molecular flexibility index (Phi) is 3.82. The molecule has 1 aromatic carbocycles. The molecule has 0 fully saturated rings. The summed E-state index contributed by atoms with van der Waals surface area (Å²) in [6.07, 6.45) is 0. The van der Waals surface area contributed by atoms with E-state index < -0.39 is 5.82 Å². The Morgan fingerprint density at radius 1 is 1.33 bits per heavy atom. The SMILES string of the molecule is CNc1nc(C)cc(-c2ccc(Br)c(Cl)c2F)n1. The number of nitrogens with one attached hydrogen (secondary N) is 1. The van der Waals surface area contributed by atoms with E-state index in [2.05, 4.69) is 31.2 Å². The van der Waals surface area contributed by atoms with Crippen LogP contribution in [0.5, 0.6) is 0 Å². The van der Waals surface area contributed by atoms with E-state index in [1.807, 2.05) is 6.92 Å². The van der Waals surface area contributed by atoms with Crippen molar-refractivity contribution in [1.82, 2.24) is 9.97 Å². The quantitative estimate of drug-likeness (QED) is 0.844. The molecule has 0 saturated heterocycles. The second-order valence-electron chi connectivity index (χ2n) is 3.69. The standard InChI is InChI=1S/C12H10BrClFN3/c1-6-5-9(18-12(16-2)17-6)7-3-4-8(13)10(14)11(7)15/h3-5H,1-2H3,(H,16,17,18). The number of aromatic nitrogens is 2. The van der Waals surface area contributed by atoms with Crippen LogP contribution in [-0.2, 0) is 0 Å². The van der Waals surface area contributed by atoms with Gasteiger partial charge in [-0.05, 0) is 41.1 Å². The van der Waals surface area contributed by atoms with Gasteiger partial charge in [-0.25, -0.2) is 14.4 Å². The summed E-state index contributed by atoms with van der Waals surface area (Å²) >= 11 is 9.04. The summed E-state index contributed by atoms with van der Waals surface area (Å²) in [6, 6.07) is 5.03. The van der Waals surface area contributed by atoms with Crippen LogP contribution in [0.4, 0.5) is 10.3 Å².